The minimum absolute atomic E-state index is 0.445. The second kappa shape index (κ2) is 8.57. The molecular formula is C14H23BrClNS. The van der Waals surface area contributed by atoms with Crippen LogP contribution in [0.5, 0.6) is 0 Å². The molecule has 1 rings (SSSR count). The van der Waals surface area contributed by atoms with Crippen LogP contribution >= 0.6 is 38.9 Å². The molecule has 0 fully saturated rings. The number of thiophene rings is 1. The topological polar surface area (TPSA) is 12.0 Å². The first-order chi connectivity index (χ1) is 8.63. The van der Waals surface area contributed by atoms with Gasteiger partial charge in [0.1, 0.15) is 0 Å². The normalized spacial score (nSPS) is 14.7. The average Bonchev–Trinajstić information content (AvgIpc) is 2.69. The molecule has 0 aromatic carbocycles. The first kappa shape index (κ1) is 16.5. The number of halogens is 2. The van der Waals surface area contributed by atoms with Crippen molar-refractivity contribution in [1.82, 2.24) is 5.32 Å². The summed E-state index contributed by atoms with van der Waals surface area (Å²) < 4.78 is 1.05. The van der Waals surface area contributed by atoms with Crippen molar-refractivity contribution in [3.05, 3.63) is 19.8 Å². The van der Waals surface area contributed by atoms with Crippen LogP contribution in [0.15, 0.2) is 9.85 Å². The van der Waals surface area contributed by atoms with Crippen molar-refractivity contribution in [3.63, 3.8) is 0 Å². The van der Waals surface area contributed by atoms with Crippen molar-refractivity contribution in [2.45, 2.75) is 52.5 Å². The summed E-state index contributed by atoms with van der Waals surface area (Å²) in [6.45, 7) is 7.72. The van der Waals surface area contributed by atoms with E-state index in [0.717, 1.165) is 15.4 Å². The average molecular weight is 353 g/mol. The van der Waals surface area contributed by atoms with E-state index in [1.54, 1.807) is 11.3 Å². The van der Waals surface area contributed by atoms with Crippen molar-refractivity contribution < 1.29 is 0 Å². The molecule has 0 aliphatic rings. The van der Waals surface area contributed by atoms with Crippen LogP contribution in [0.3, 0.4) is 0 Å². The van der Waals surface area contributed by atoms with E-state index in [4.69, 9.17) is 11.6 Å². The molecule has 1 nitrogen and oxygen atoms in total. The SMILES string of the molecule is CCCCC(CC)C(NCC)c1cc(Cl)c(Br)s1. The molecule has 18 heavy (non-hydrogen) atoms. The van der Waals surface area contributed by atoms with Gasteiger partial charge in [0.15, 0.2) is 0 Å². The molecule has 1 aromatic heterocycles. The molecular weight excluding hydrogens is 330 g/mol. The summed E-state index contributed by atoms with van der Waals surface area (Å²) in [5, 5.41) is 4.47. The summed E-state index contributed by atoms with van der Waals surface area (Å²) in [4.78, 5) is 1.36. The summed E-state index contributed by atoms with van der Waals surface area (Å²) in [7, 11) is 0. The molecule has 4 heteroatoms. The summed E-state index contributed by atoms with van der Waals surface area (Å²) in [5.41, 5.74) is 0. The van der Waals surface area contributed by atoms with Crippen LogP contribution in [0, 0.1) is 5.92 Å². The van der Waals surface area contributed by atoms with Gasteiger partial charge in [0.2, 0.25) is 0 Å². The number of hydrogen-bond acceptors (Lipinski definition) is 2. The van der Waals surface area contributed by atoms with E-state index in [9.17, 15) is 0 Å². The molecule has 0 saturated carbocycles. The lowest BCUT2D eigenvalue weighted by Crippen LogP contribution is -2.27. The molecule has 2 unspecified atom stereocenters. The second-order valence-electron chi connectivity index (χ2n) is 4.62. The molecule has 0 bridgehead atoms. The van der Waals surface area contributed by atoms with E-state index in [1.165, 1.54) is 30.6 Å². The first-order valence-corrected chi connectivity index (χ1v) is 8.80. The Morgan fingerprint density at radius 1 is 1.39 bits per heavy atom. The van der Waals surface area contributed by atoms with Crippen molar-refractivity contribution in [3.8, 4) is 0 Å². The minimum atomic E-state index is 0.445. The Labute approximate surface area is 128 Å². The molecule has 2 atom stereocenters. The van der Waals surface area contributed by atoms with Crippen molar-refractivity contribution >= 4 is 38.9 Å². The lowest BCUT2D eigenvalue weighted by Gasteiger charge is -2.26. The molecule has 0 aliphatic carbocycles. The van der Waals surface area contributed by atoms with E-state index in [0.29, 0.717) is 12.0 Å². The van der Waals surface area contributed by atoms with Crippen LogP contribution in [0.1, 0.15) is 57.4 Å². The number of hydrogen-bond donors (Lipinski definition) is 1. The third kappa shape index (κ3) is 4.52. The van der Waals surface area contributed by atoms with Gasteiger partial charge in [0.25, 0.3) is 0 Å². The molecule has 0 saturated heterocycles. The highest BCUT2D eigenvalue weighted by Crippen LogP contribution is 2.39. The Morgan fingerprint density at radius 2 is 2.11 bits per heavy atom. The minimum Gasteiger partial charge on any atom is -0.309 e. The zero-order valence-electron chi connectivity index (χ0n) is 11.4. The highest BCUT2D eigenvalue weighted by molar-refractivity contribution is 9.11. The summed E-state index contributed by atoms with van der Waals surface area (Å²) in [6.07, 6.45) is 5.08. The van der Waals surface area contributed by atoms with Crippen molar-refractivity contribution in [1.29, 1.82) is 0 Å². The molecule has 0 aliphatic heterocycles. The maximum absolute atomic E-state index is 6.16. The smallest absolute Gasteiger partial charge is 0.0887 e. The molecule has 104 valence electrons. The summed E-state index contributed by atoms with van der Waals surface area (Å²) >= 11 is 11.4. The standard InChI is InChI=1S/C14H23BrClNS/c1-4-7-8-10(5-2)13(17-6-3)12-9-11(16)14(15)18-12/h9-10,13,17H,4-8H2,1-3H3. The Balaban J connectivity index is 2.85. The predicted octanol–water partition coefficient (Wildman–Crippen LogP) is 6.03. The van der Waals surface area contributed by atoms with E-state index in [2.05, 4.69) is 48.1 Å². The predicted molar refractivity (Wildman–Crippen MR) is 86.8 cm³/mol. The summed E-state index contributed by atoms with van der Waals surface area (Å²) in [5.74, 6) is 0.700. The van der Waals surface area contributed by atoms with E-state index >= 15 is 0 Å². The van der Waals surface area contributed by atoms with Gasteiger partial charge in [0, 0.05) is 10.9 Å². The molecule has 1 N–H and O–H groups in total. The Morgan fingerprint density at radius 3 is 2.56 bits per heavy atom. The van der Waals surface area contributed by atoms with Crippen LogP contribution in [-0.4, -0.2) is 6.54 Å². The third-order valence-corrected chi connectivity index (χ3v) is 5.88. The Kier molecular flexibility index (Phi) is 7.85. The fraction of sp³-hybridized carbons (Fsp3) is 0.714. The number of nitrogens with one attached hydrogen (secondary N) is 1. The van der Waals surface area contributed by atoms with E-state index < -0.39 is 0 Å². The molecule has 0 radical (unpaired) electrons. The van der Waals surface area contributed by atoms with Gasteiger partial charge < -0.3 is 5.32 Å². The second-order valence-corrected chi connectivity index (χ2v) is 7.43. The highest BCUT2D eigenvalue weighted by atomic mass is 79.9. The summed E-state index contributed by atoms with van der Waals surface area (Å²) in [6, 6.07) is 2.55. The fourth-order valence-electron chi connectivity index (χ4n) is 2.31. The van der Waals surface area contributed by atoms with Gasteiger partial charge in [-0.05, 0) is 40.9 Å². The van der Waals surface area contributed by atoms with Crippen LogP contribution in [0.2, 0.25) is 5.02 Å². The third-order valence-electron chi connectivity index (χ3n) is 3.32. The fourth-order valence-corrected chi connectivity index (χ4v) is 4.22. The molecule has 0 amide bonds. The van der Waals surface area contributed by atoms with E-state index in [1.807, 2.05) is 0 Å². The Bertz CT molecular complexity index is 334. The quantitative estimate of drug-likeness (QED) is 0.602. The van der Waals surface area contributed by atoms with Gasteiger partial charge in [-0.2, -0.15) is 0 Å². The highest BCUT2D eigenvalue weighted by Gasteiger charge is 2.23. The monoisotopic (exact) mass is 351 g/mol. The van der Waals surface area contributed by atoms with Gasteiger partial charge in [-0.3, -0.25) is 0 Å². The van der Waals surface area contributed by atoms with Crippen molar-refractivity contribution in [2.24, 2.45) is 5.92 Å². The maximum Gasteiger partial charge on any atom is 0.0887 e. The van der Waals surface area contributed by atoms with Gasteiger partial charge in [-0.25, -0.2) is 0 Å². The zero-order valence-corrected chi connectivity index (χ0v) is 14.6. The largest absolute Gasteiger partial charge is 0.309 e. The van der Waals surface area contributed by atoms with E-state index in [-0.39, 0.29) is 0 Å². The van der Waals surface area contributed by atoms with Crippen LogP contribution in [-0.2, 0) is 0 Å². The van der Waals surface area contributed by atoms with Crippen LogP contribution in [0.25, 0.3) is 0 Å². The molecule has 1 heterocycles. The van der Waals surface area contributed by atoms with Gasteiger partial charge >= 0.3 is 0 Å². The van der Waals surface area contributed by atoms with Crippen LogP contribution < -0.4 is 5.32 Å². The first-order valence-electron chi connectivity index (χ1n) is 6.82. The zero-order chi connectivity index (χ0) is 13.5. The lowest BCUT2D eigenvalue weighted by molar-refractivity contribution is 0.332. The lowest BCUT2D eigenvalue weighted by atomic mass is 9.90. The molecule has 0 spiro atoms. The van der Waals surface area contributed by atoms with Gasteiger partial charge in [-0.1, -0.05) is 51.6 Å². The number of unbranched alkanes of at least 4 members (excludes halogenated alkanes) is 1. The number of rotatable bonds is 8. The van der Waals surface area contributed by atoms with Gasteiger partial charge in [-0.15, -0.1) is 11.3 Å². The Hall–Kier alpha value is 0.430. The van der Waals surface area contributed by atoms with Gasteiger partial charge in [0.05, 0.1) is 8.81 Å². The molecule has 1 aromatic rings. The maximum atomic E-state index is 6.16. The van der Waals surface area contributed by atoms with Crippen molar-refractivity contribution in [2.75, 3.05) is 6.54 Å². The van der Waals surface area contributed by atoms with Crippen LogP contribution in [0.4, 0.5) is 0 Å².